The molecule has 66 heavy (non-hydrogen) atoms. The Kier molecular flexibility index (Phi) is 16.6. The van der Waals surface area contributed by atoms with Crippen molar-refractivity contribution in [3.8, 4) is 0 Å². The van der Waals surface area contributed by atoms with E-state index in [4.69, 9.17) is 33.2 Å². The smallest absolute Gasteiger partial charge is 0.314 e. The van der Waals surface area contributed by atoms with Crippen LogP contribution in [0, 0.1) is 34.5 Å². The van der Waals surface area contributed by atoms with Gasteiger partial charge in [-0.25, -0.2) is 0 Å². The molecule has 0 amide bonds. The normalized spacial score (nSPS) is 52.5. The lowest BCUT2D eigenvalue weighted by Crippen LogP contribution is -2.65. The van der Waals surface area contributed by atoms with Crippen LogP contribution in [-0.4, -0.2) is 227 Å². The number of carbonyl (C=O) groups is 1. The quantitative estimate of drug-likeness (QED) is 0.0647. The molecule has 4 heterocycles. The summed E-state index contributed by atoms with van der Waals surface area (Å²) in [6.07, 6.45) is -26.5. The second-order valence-corrected chi connectivity index (χ2v) is 20.2. The maximum atomic E-state index is 14.7. The molecular formula is C44H72O22. The third kappa shape index (κ3) is 9.62. The van der Waals surface area contributed by atoms with Gasteiger partial charge in [0.25, 0.3) is 0 Å². The van der Waals surface area contributed by atoms with Crippen LogP contribution in [0.15, 0.2) is 12.2 Å². The van der Waals surface area contributed by atoms with Gasteiger partial charge >= 0.3 is 5.97 Å². The van der Waals surface area contributed by atoms with Crippen LogP contribution >= 0.6 is 0 Å². The number of ether oxygens (including phenoxy) is 7. The van der Waals surface area contributed by atoms with Gasteiger partial charge in [-0.3, -0.25) is 4.79 Å². The molecule has 3 saturated carbocycles. The zero-order valence-electron chi connectivity index (χ0n) is 37.3. The molecule has 14 N–H and O–H groups in total. The Bertz CT molecular complexity index is 1640. The minimum absolute atomic E-state index is 0.0976. The van der Waals surface area contributed by atoms with E-state index in [9.17, 15) is 76.3 Å². The summed E-state index contributed by atoms with van der Waals surface area (Å²) in [5.41, 5.74) is -0.585. The number of hydrogen-bond acceptors (Lipinski definition) is 22. The van der Waals surface area contributed by atoms with Gasteiger partial charge < -0.3 is 105 Å². The molecule has 3 aliphatic carbocycles. The van der Waals surface area contributed by atoms with Gasteiger partial charge in [0.2, 0.25) is 6.29 Å². The van der Waals surface area contributed by atoms with Crippen molar-refractivity contribution in [3.05, 3.63) is 12.2 Å². The number of allylic oxidation sites excluding steroid dienone is 1. The van der Waals surface area contributed by atoms with Crippen LogP contribution in [0.4, 0.5) is 0 Å². The molecule has 4 aliphatic heterocycles. The Balaban J connectivity index is 1.07. The van der Waals surface area contributed by atoms with E-state index >= 15 is 0 Å². The third-order valence-corrected chi connectivity index (χ3v) is 16.4. The lowest BCUT2D eigenvalue weighted by molar-refractivity contribution is -0.363. The summed E-state index contributed by atoms with van der Waals surface area (Å²) in [5, 5.41) is 147. The van der Waals surface area contributed by atoms with Crippen LogP contribution in [0.3, 0.4) is 0 Å². The predicted octanol–water partition coefficient (Wildman–Crippen LogP) is -4.59. The van der Waals surface area contributed by atoms with Gasteiger partial charge in [-0.1, -0.05) is 25.5 Å². The van der Waals surface area contributed by atoms with E-state index in [-0.39, 0.29) is 30.1 Å². The lowest BCUT2D eigenvalue weighted by atomic mass is 9.45. The summed E-state index contributed by atoms with van der Waals surface area (Å²) in [6, 6.07) is 0. The Morgan fingerprint density at radius 3 is 1.61 bits per heavy atom. The highest BCUT2D eigenvalue weighted by Gasteiger charge is 2.61. The van der Waals surface area contributed by atoms with E-state index in [1.165, 1.54) is 0 Å². The fourth-order valence-electron chi connectivity index (χ4n) is 12.6. The van der Waals surface area contributed by atoms with E-state index in [0.717, 1.165) is 18.4 Å². The molecule has 0 aromatic carbocycles. The van der Waals surface area contributed by atoms with E-state index in [0.29, 0.717) is 38.5 Å². The van der Waals surface area contributed by atoms with E-state index in [1.54, 1.807) is 0 Å². The molecule has 22 nitrogen and oxygen atoms in total. The van der Waals surface area contributed by atoms with Crippen LogP contribution in [0.1, 0.15) is 71.6 Å². The topological polar surface area (TPSA) is 365 Å². The fraction of sp³-hybridized carbons (Fsp3) is 0.932. The molecule has 0 spiro atoms. The molecule has 4 saturated heterocycles. The number of fused-ring (bicyclic) bond motifs is 3. The first kappa shape index (κ1) is 52.2. The molecule has 7 aliphatic rings. The number of aliphatic hydroxyl groups is 14. The summed E-state index contributed by atoms with van der Waals surface area (Å²) >= 11 is 0. The highest BCUT2D eigenvalue weighted by molar-refractivity contribution is 5.77. The standard InChI is InChI=1S/C44H72O22/c1-17-11-19-6-8-26-43(2,20(19)7-5-18(17)12-21-37(33(55)29(51)22(13-45)60-21)64-39-35(57)31(53)27(49)23(14-46)61-39)9-4-10-44(26,3)42(59)66-41-38(34(56)30(52)25(16-48)63-41)65-40-36(58)32(54)28(50)24(15-47)62-40/h18-41,45-58H,1,4-16H2,2-3H3/t18?,19?,20-,21?,22?,23?,24?,25?,26?,27?,28?,29?,30?,31?,32?,33?,34?,35?,36?,37?,38?,39?,40?,41?,43+,44-/m1/s1. The minimum atomic E-state index is -1.89. The highest BCUT2D eigenvalue weighted by Crippen LogP contribution is 2.64. The van der Waals surface area contributed by atoms with Crippen molar-refractivity contribution >= 4 is 5.97 Å². The molecule has 0 aromatic heterocycles. The predicted molar refractivity (Wildman–Crippen MR) is 220 cm³/mol. The molecule has 7 fully saturated rings. The number of hydrogen-bond donors (Lipinski definition) is 14. The molecule has 0 bridgehead atoms. The largest absolute Gasteiger partial charge is 0.432 e. The minimum Gasteiger partial charge on any atom is -0.432 e. The van der Waals surface area contributed by atoms with Gasteiger partial charge in [-0.2, -0.15) is 0 Å². The number of carbonyl (C=O) groups excluding carboxylic acids is 1. The average molecular weight is 953 g/mol. The van der Waals surface area contributed by atoms with Crippen molar-refractivity contribution in [2.75, 3.05) is 26.4 Å². The zero-order valence-corrected chi connectivity index (χ0v) is 37.3. The van der Waals surface area contributed by atoms with Gasteiger partial charge in [0, 0.05) is 0 Å². The van der Waals surface area contributed by atoms with Gasteiger partial charge in [0.05, 0.1) is 37.9 Å². The Labute approximate surface area is 382 Å². The molecule has 0 aromatic rings. The maximum Gasteiger partial charge on any atom is 0.314 e. The second kappa shape index (κ2) is 21.0. The van der Waals surface area contributed by atoms with Gasteiger partial charge in [-0.15, -0.1) is 0 Å². The number of rotatable bonds is 12. The van der Waals surface area contributed by atoms with Crippen molar-refractivity contribution < 1.29 is 109 Å². The van der Waals surface area contributed by atoms with Crippen LogP contribution < -0.4 is 0 Å². The van der Waals surface area contributed by atoms with Crippen LogP contribution in [0.2, 0.25) is 0 Å². The SMILES string of the molecule is C=C1CC2CCC3[C@](C)(C(=O)OC4OC(CO)C(O)C(O)C4OC4OC(CO)C(O)C(O)C4O)CCC[C@@]3(C)[C@@H]2CCC1CC1OC(CO)C(O)C(O)C1OC1OC(CO)C(O)C(O)C1O. The van der Waals surface area contributed by atoms with Crippen molar-refractivity contribution in [1.29, 1.82) is 0 Å². The van der Waals surface area contributed by atoms with Crippen molar-refractivity contribution in [2.45, 2.75) is 194 Å². The Morgan fingerprint density at radius 1 is 0.576 bits per heavy atom. The molecule has 380 valence electrons. The second-order valence-electron chi connectivity index (χ2n) is 20.2. The van der Waals surface area contributed by atoms with Crippen molar-refractivity contribution in [3.63, 3.8) is 0 Å². The molecule has 0 radical (unpaired) electrons. The fourth-order valence-corrected chi connectivity index (χ4v) is 12.6. The summed E-state index contributed by atoms with van der Waals surface area (Å²) in [4.78, 5) is 14.7. The summed E-state index contributed by atoms with van der Waals surface area (Å²) in [6.45, 7) is 5.63. The third-order valence-electron chi connectivity index (χ3n) is 16.4. The van der Waals surface area contributed by atoms with Crippen LogP contribution in [-0.2, 0) is 38.0 Å². The van der Waals surface area contributed by atoms with E-state index in [2.05, 4.69) is 13.5 Å². The number of aliphatic hydroxyl groups excluding tert-OH is 14. The maximum absolute atomic E-state index is 14.7. The van der Waals surface area contributed by atoms with Crippen LogP contribution in [0.5, 0.6) is 0 Å². The first-order valence-corrected chi connectivity index (χ1v) is 23.3. The van der Waals surface area contributed by atoms with E-state index < -0.39 is 166 Å². The first-order valence-electron chi connectivity index (χ1n) is 23.3. The van der Waals surface area contributed by atoms with Crippen molar-refractivity contribution in [1.82, 2.24) is 0 Å². The van der Waals surface area contributed by atoms with Crippen molar-refractivity contribution in [2.24, 2.45) is 34.5 Å². The molecular weight excluding hydrogens is 880 g/mol. The first-order chi connectivity index (χ1) is 31.2. The summed E-state index contributed by atoms with van der Waals surface area (Å²) < 4.78 is 40.9. The molecule has 7 rings (SSSR count). The number of esters is 1. The van der Waals surface area contributed by atoms with E-state index in [1.807, 2.05) is 6.92 Å². The molecule has 26 atom stereocenters. The lowest BCUT2D eigenvalue weighted by Gasteiger charge is -2.59. The van der Waals surface area contributed by atoms with Gasteiger partial charge in [0.15, 0.2) is 18.7 Å². The Hall–Kier alpha value is -1.59. The highest BCUT2D eigenvalue weighted by atomic mass is 16.8. The summed E-state index contributed by atoms with van der Waals surface area (Å²) in [5.74, 6) is -0.835. The van der Waals surface area contributed by atoms with Crippen LogP contribution in [0.25, 0.3) is 0 Å². The Morgan fingerprint density at radius 2 is 1.06 bits per heavy atom. The average Bonchev–Trinajstić information content (AvgIpc) is 3.46. The van der Waals surface area contributed by atoms with Gasteiger partial charge in [0.1, 0.15) is 91.6 Å². The summed E-state index contributed by atoms with van der Waals surface area (Å²) in [7, 11) is 0. The monoisotopic (exact) mass is 952 g/mol. The molecule has 22 heteroatoms. The molecule has 23 unspecified atom stereocenters. The van der Waals surface area contributed by atoms with Gasteiger partial charge in [-0.05, 0) is 87.4 Å². The zero-order chi connectivity index (χ0) is 48.2.